The Labute approximate surface area is 191 Å². The van der Waals surface area contributed by atoms with Gasteiger partial charge in [0.25, 0.3) is 5.91 Å². The minimum Gasteiger partial charge on any atom is -0.473 e. The van der Waals surface area contributed by atoms with Gasteiger partial charge >= 0.3 is 6.18 Å². The Kier molecular flexibility index (Phi) is 8.18. The van der Waals surface area contributed by atoms with Gasteiger partial charge < -0.3 is 19.2 Å². The van der Waals surface area contributed by atoms with Crippen molar-refractivity contribution in [2.24, 2.45) is 5.16 Å². The molecule has 0 radical (unpaired) electrons. The minimum absolute atomic E-state index is 0.0545. The zero-order chi connectivity index (χ0) is 24.7. The first-order valence-corrected chi connectivity index (χ1v) is 10.2. The summed E-state index contributed by atoms with van der Waals surface area (Å²) in [5.41, 5.74) is -1.40. The predicted molar refractivity (Wildman–Crippen MR) is 108 cm³/mol. The summed E-state index contributed by atoms with van der Waals surface area (Å²) >= 11 is 0. The van der Waals surface area contributed by atoms with E-state index in [0.29, 0.717) is 25.9 Å². The molecule has 0 spiro atoms. The Morgan fingerprint density at radius 1 is 1.09 bits per heavy atom. The van der Waals surface area contributed by atoms with Gasteiger partial charge in [0.15, 0.2) is 12.3 Å². The van der Waals surface area contributed by atoms with Crippen LogP contribution in [-0.4, -0.2) is 58.7 Å². The second-order valence-corrected chi connectivity index (χ2v) is 7.34. The molecule has 3 rings (SSSR count). The largest absolute Gasteiger partial charge is 0.473 e. The van der Waals surface area contributed by atoms with E-state index in [1.165, 1.54) is 23.1 Å². The summed E-state index contributed by atoms with van der Waals surface area (Å²) < 4.78 is 75.3. The molecule has 2 heterocycles. The maximum Gasteiger partial charge on any atom is 0.432 e. The van der Waals surface area contributed by atoms with Crippen molar-refractivity contribution in [1.29, 1.82) is 0 Å². The number of hydrogen-bond donors (Lipinski definition) is 0. The first kappa shape index (κ1) is 25.1. The summed E-state index contributed by atoms with van der Waals surface area (Å²) in [7, 11) is 0. The van der Waals surface area contributed by atoms with Crippen LogP contribution in [0.3, 0.4) is 0 Å². The fraction of sp³-hybridized carbons (Fsp3) is 0.429. The zero-order valence-electron chi connectivity index (χ0n) is 18.0. The number of aromatic nitrogens is 2. The van der Waals surface area contributed by atoms with Crippen LogP contribution in [-0.2, 0) is 16.2 Å². The first-order valence-electron chi connectivity index (χ1n) is 10.2. The molecule has 1 aliphatic rings. The lowest BCUT2D eigenvalue weighted by Crippen LogP contribution is -2.43. The second-order valence-electron chi connectivity index (χ2n) is 7.34. The average Bonchev–Trinajstić information content (AvgIpc) is 2.79. The summed E-state index contributed by atoms with van der Waals surface area (Å²) in [6.07, 6.45) is -3.94. The van der Waals surface area contributed by atoms with Crippen molar-refractivity contribution in [3.63, 3.8) is 0 Å². The van der Waals surface area contributed by atoms with Gasteiger partial charge in [-0.05, 0) is 19.1 Å². The molecule has 1 amide bonds. The number of halogens is 5. The third-order valence-electron chi connectivity index (χ3n) is 4.92. The molecule has 1 saturated heterocycles. The van der Waals surface area contributed by atoms with E-state index in [1.54, 1.807) is 0 Å². The second kappa shape index (κ2) is 11.1. The number of likely N-dealkylation sites (tertiary alicyclic amines) is 1. The third kappa shape index (κ3) is 6.99. The van der Waals surface area contributed by atoms with Crippen molar-refractivity contribution in [2.75, 3.05) is 19.7 Å². The molecule has 34 heavy (non-hydrogen) atoms. The van der Waals surface area contributed by atoms with E-state index in [-0.39, 0.29) is 30.0 Å². The van der Waals surface area contributed by atoms with Gasteiger partial charge in [-0.25, -0.2) is 8.78 Å². The fourth-order valence-corrected chi connectivity index (χ4v) is 2.99. The van der Waals surface area contributed by atoms with E-state index in [2.05, 4.69) is 20.2 Å². The molecule has 13 heteroatoms. The molecule has 0 aliphatic carbocycles. The molecular weight excluding hydrogens is 467 g/mol. The van der Waals surface area contributed by atoms with Crippen molar-refractivity contribution in [1.82, 2.24) is 15.1 Å². The van der Waals surface area contributed by atoms with Crippen molar-refractivity contribution in [3.05, 3.63) is 47.5 Å². The van der Waals surface area contributed by atoms with E-state index < -0.39 is 36.0 Å². The molecule has 0 saturated carbocycles. The number of amides is 1. The Balaban J connectivity index is 1.41. The van der Waals surface area contributed by atoms with Crippen LogP contribution in [0.25, 0.3) is 0 Å². The van der Waals surface area contributed by atoms with E-state index in [4.69, 9.17) is 9.47 Å². The summed E-state index contributed by atoms with van der Waals surface area (Å²) in [6.45, 7) is 0.431. The Bertz CT molecular complexity index is 989. The number of ether oxygens (including phenoxy) is 2. The monoisotopic (exact) mass is 488 g/mol. The maximum absolute atomic E-state index is 13.6. The van der Waals surface area contributed by atoms with Crippen LogP contribution in [0.4, 0.5) is 22.0 Å². The molecule has 1 fully saturated rings. The molecular formula is C21H21F5N4O4. The molecule has 2 aromatic rings. The summed E-state index contributed by atoms with van der Waals surface area (Å²) in [4.78, 5) is 18.0. The van der Waals surface area contributed by atoms with Gasteiger partial charge in [0.1, 0.15) is 24.3 Å². The van der Waals surface area contributed by atoms with Crippen molar-refractivity contribution >= 4 is 11.6 Å². The number of carbonyl (C=O) groups is 1. The van der Waals surface area contributed by atoms with E-state index >= 15 is 0 Å². The summed E-state index contributed by atoms with van der Waals surface area (Å²) in [5.74, 6) is -1.68. The molecule has 1 aliphatic heterocycles. The van der Waals surface area contributed by atoms with Gasteiger partial charge in [-0.15, -0.1) is 10.2 Å². The predicted octanol–water partition coefficient (Wildman–Crippen LogP) is 3.66. The minimum atomic E-state index is -4.61. The standard InChI is InChI=1S/C21H21F5N4O4/c1-13(21(24,25)26)29-33-12-20(31)30-9-7-14(8-10-30)34-19-6-5-18(27-28-19)32-11-15-16(22)3-2-4-17(15)23/h2-6,14H,7-12H2,1H3/b29-13+. The highest BCUT2D eigenvalue weighted by molar-refractivity contribution is 5.86. The van der Waals surface area contributed by atoms with E-state index in [9.17, 15) is 26.7 Å². The number of oxime groups is 1. The molecule has 1 aromatic heterocycles. The molecule has 8 nitrogen and oxygen atoms in total. The fourth-order valence-electron chi connectivity index (χ4n) is 2.99. The van der Waals surface area contributed by atoms with Gasteiger partial charge in [-0.1, -0.05) is 11.2 Å². The van der Waals surface area contributed by atoms with Crippen molar-refractivity contribution < 1.29 is 41.1 Å². The lowest BCUT2D eigenvalue weighted by atomic mass is 10.1. The number of benzene rings is 1. The van der Waals surface area contributed by atoms with Gasteiger partial charge in [0.2, 0.25) is 11.8 Å². The zero-order valence-corrected chi connectivity index (χ0v) is 18.0. The SMILES string of the molecule is C/C(=N\OCC(=O)N1CCC(Oc2ccc(OCc3c(F)cccc3F)nn2)CC1)C(F)(F)F. The lowest BCUT2D eigenvalue weighted by molar-refractivity contribution is -0.138. The van der Waals surface area contributed by atoms with Crippen molar-refractivity contribution in [2.45, 2.75) is 38.7 Å². The number of alkyl halides is 3. The van der Waals surface area contributed by atoms with Crippen molar-refractivity contribution in [3.8, 4) is 11.8 Å². The van der Waals surface area contributed by atoms with Crippen LogP contribution < -0.4 is 9.47 Å². The average molecular weight is 488 g/mol. The Morgan fingerprint density at radius 3 is 2.29 bits per heavy atom. The van der Waals surface area contributed by atoms with Crippen LogP contribution in [0.2, 0.25) is 0 Å². The van der Waals surface area contributed by atoms with E-state index in [0.717, 1.165) is 19.1 Å². The van der Waals surface area contributed by atoms with E-state index in [1.807, 2.05) is 0 Å². The number of piperidine rings is 1. The Hall–Kier alpha value is -3.51. The first-order chi connectivity index (χ1) is 16.1. The third-order valence-corrected chi connectivity index (χ3v) is 4.92. The summed E-state index contributed by atoms with van der Waals surface area (Å²) in [6, 6.07) is 6.44. The molecule has 0 N–H and O–H groups in total. The molecule has 1 aromatic carbocycles. The van der Waals surface area contributed by atoms with Crippen LogP contribution in [0.5, 0.6) is 11.8 Å². The molecule has 0 unspecified atom stereocenters. The number of hydrogen-bond acceptors (Lipinski definition) is 7. The number of carbonyl (C=O) groups excluding carboxylic acids is 1. The normalized spacial score (nSPS) is 15.2. The smallest absolute Gasteiger partial charge is 0.432 e. The topological polar surface area (TPSA) is 86.1 Å². The van der Waals surface area contributed by atoms with Crippen LogP contribution in [0.15, 0.2) is 35.5 Å². The van der Waals surface area contributed by atoms with Crippen LogP contribution >= 0.6 is 0 Å². The van der Waals surface area contributed by atoms with Crippen LogP contribution in [0, 0.1) is 11.6 Å². The highest BCUT2D eigenvalue weighted by Crippen LogP contribution is 2.20. The molecule has 184 valence electrons. The van der Waals surface area contributed by atoms with Crippen LogP contribution in [0.1, 0.15) is 25.3 Å². The summed E-state index contributed by atoms with van der Waals surface area (Å²) in [5, 5.41) is 10.6. The lowest BCUT2D eigenvalue weighted by Gasteiger charge is -2.31. The Morgan fingerprint density at radius 2 is 1.71 bits per heavy atom. The number of nitrogens with zero attached hydrogens (tertiary/aromatic N) is 4. The van der Waals surface area contributed by atoms with Gasteiger partial charge in [-0.3, -0.25) is 4.79 Å². The highest BCUT2D eigenvalue weighted by atomic mass is 19.4. The molecule has 0 atom stereocenters. The van der Waals surface area contributed by atoms with Gasteiger partial charge in [-0.2, -0.15) is 13.2 Å². The number of rotatable bonds is 8. The quantitative estimate of drug-likeness (QED) is 0.320. The molecule has 0 bridgehead atoms. The highest BCUT2D eigenvalue weighted by Gasteiger charge is 2.33. The van der Waals surface area contributed by atoms with Gasteiger partial charge in [0, 0.05) is 38.1 Å². The van der Waals surface area contributed by atoms with Gasteiger partial charge in [0.05, 0.1) is 5.56 Å². The maximum atomic E-state index is 13.6.